The van der Waals surface area contributed by atoms with Gasteiger partial charge in [-0.2, -0.15) is 0 Å². The van der Waals surface area contributed by atoms with E-state index in [0.717, 1.165) is 12.3 Å². The van der Waals surface area contributed by atoms with Crippen molar-refractivity contribution in [2.24, 2.45) is 4.99 Å². The number of nitrogens with zero attached hydrogens (tertiary/aromatic N) is 2. The van der Waals surface area contributed by atoms with E-state index in [9.17, 15) is 4.79 Å². The van der Waals surface area contributed by atoms with Crippen molar-refractivity contribution in [1.82, 2.24) is 15.5 Å². The summed E-state index contributed by atoms with van der Waals surface area (Å²) in [6, 6.07) is 8.06. The number of halogens is 1. The third-order valence-electron chi connectivity index (χ3n) is 3.76. The Morgan fingerprint density at radius 3 is 2.52 bits per heavy atom. The smallest absolute Gasteiger partial charge is 0.243 e. The molecule has 1 aromatic carbocycles. The molecule has 142 valence electrons. The van der Waals surface area contributed by atoms with Crippen LogP contribution in [0.15, 0.2) is 29.3 Å². The van der Waals surface area contributed by atoms with Gasteiger partial charge in [0.1, 0.15) is 12.3 Å². The topological polar surface area (TPSA) is 66.0 Å². The van der Waals surface area contributed by atoms with Crippen LogP contribution in [0.3, 0.4) is 0 Å². The minimum atomic E-state index is -0.115. The maximum atomic E-state index is 11.7. The lowest BCUT2D eigenvalue weighted by atomic mass is 9.84. The van der Waals surface area contributed by atoms with Gasteiger partial charge in [0, 0.05) is 32.6 Å². The number of rotatable bonds is 7. The first-order valence-corrected chi connectivity index (χ1v) is 8.17. The number of carbonyl (C=O) groups is 1. The highest BCUT2D eigenvalue weighted by atomic mass is 127. The lowest BCUT2D eigenvalue weighted by molar-refractivity contribution is -0.127. The number of likely N-dealkylation sites (N-methyl/N-ethyl adjacent to an activating group) is 1. The fourth-order valence-corrected chi connectivity index (χ4v) is 2.08. The zero-order valence-electron chi connectivity index (χ0n) is 16.0. The molecule has 25 heavy (non-hydrogen) atoms. The van der Waals surface area contributed by atoms with E-state index in [1.165, 1.54) is 10.5 Å². The van der Waals surface area contributed by atoms with Gasteiger partial charge in [0.15, 0.2) is 5.96 Å². The van der Waals surface area contributed by atoms with Gasteiger partial charge in [0.25, 0.3) is 0 Å². The Balaban J connectivity index is 0.00000576. The monoisotopic (exact) mass is 462 g/mol. The number of benzene rings is 1. The summed E-state index contributed by atoms with van der Waals surface area (Å²) < 4.78 is 5.30. The number of hydrogen-bond donors (Lipinski definition) is 2. The molecule has 1 amide bonds. The van der Waals surface area contributed by atoms with Gasteiger partial charge < -0.3 is 20.3 Å². The summed E-state index contributed by atoms with van der Waals surface area (Å²) >= 11 is 0. The van der Waals surface area contributed by atoms with Crippen LogP contribution >= 0.6 is 24.0 Å². The molecule has 0 spiro atoms. The Hall–Kier alpha value is -1.51. The number of hydrogen-bond acceptors (Lipinski definition) is 3. The molecular formula is C18H31IN4O2. The van der Waals surface area contributed by atoms with Gasteiger partial charge in [0.05, 0.1) is 7.11 Å². The molecule has 0 aliphatic rings. The van der Waals surface area contributed by atoms with Gasteiger partial charge in [-0.1, -0.05) is 26.0 Å². The van der Waals surface area contributed by atoms with Crippen LogP contribution in [0.1, 0.15) is 26.3 Å². The van der Waals surface area contributed by atoms with E-state index in [0.29, 0.717) is 12.5 Å². The van der Waals surface area contributed by atoms with E-state index in [1.54, 1.807) is 21.2 Å². The summed E-state index contributed by atoms with van der Waals surface area (Å²) in [4.78, 5) is 17.6. The molecule has 2 N–H and O–H groups in total. The zero-order valence-corrected chi connectivity index (χ0v) is 18.4. The first-order chi connectivity index (χ1) is 11.3. The largest absolute Gasteiger partial charge is 0.497 e. The molecule has 0 unspecified atom stereocenters. The molecule has 0 aliphatic carbocycles. The summed E-state index contributed by atoms with van der Waals surface area (Å²) in [7, 11) is 5.12. The number of amides is 1. The minimum Gasteiger partial charge on any atom is -0.497 e. The predicted molar refractivity (Wildman–Crippen MR) is 114 cm³/mol. The number of carbonyl (C=O) groups excluding carboxylic acids is 1. The maximum Gasteiger partial charge on any atom is 0.243 e. The Kier molecular flexibility index (Phi) is 10.5. The van der Waals surface area contributed by atoms with Crippen molar-refractivity contribution < 1.29 is 9.53 Å². The second-order valence-electron chi connectivity index (χ2n) is 6.45. The Morgan fingerprint density at radius 2 is 1.96 bits per heavy atom. The van der Waals surface area contributed by atoms with Crippen LogP contribution in [0.2, 0.25) is 0 Å². The van der Waals surface area contributed by atoms with Crippen LogP contribution in [0, 0.1) is 0 Å². The summed E-state index contributed by atoms with van der Waals surface area (Å²) in [6.45, 7) is 7.86. The minimum absolute atomic E-state index is 0. The van der Waals surface area contributed by atoms with E-state index in [-0.39, 0.29) is 41.8 Å². The van der Waals surface area contributed by atoms with Crippen LogP contribution in [0.25, 0.3) is 0 Å². The van der Waals surface area contributed by atoms with Crippen LogP contribution in [-0.4, -0.2) is 57.6 Å². The van der Waals surface area contributed by atoms with Crippen LogP contribution in [0.4, 0.5) is 0 Å². The van der Waals surface area contributed by atoms with Crippen molar-refractivity contribution in [2.45, 2.75) is 26.2 Å². The van der Waals surface area contributed by atoms with Crippen molar-refractivity contribution in [1.29, 1.82) is 0 Å². The number of guanidine groups is 1. The lowest BCUT2D eigenvalue weighted by Crippen LogP contribution is -2.44. The normalized spacial score (nSPS) is 11.4. The molecule has 6 nitrogen and oxygen atoms in total. The summed E-state index contributed by atoms with van der Waals surface area (Å²) in [5, 5.41) is 6.49. The number of methoxy groups -OCH3 is 1. The standard InChI is InChI=1S/C18H30N4O2.HI/c1-7-19-17(20-12-16(23)22(4)5)21-13-18(2,3)14-9-8-10-15(11-14)24-6;/h8-11H,7,12-13H2,1-6H3,(H2,19,20,21);1H. The third kappa shape index (κ3) is 7.94. The van der Waals surface area contributed by atoms with Crippen molar-refractivity contribution in [2.75, 3.05) is 40.8 Å². The zero-order chi connectivity index (χ0) is 18.2. The van der Waals surface area contributed by atoms with Crippen molar-refractivity contribution in [3.8, 4) is 5.75 Å². The van der Waals surface area contributed by atoms with Crippen LogP contribution < -0.4 is 15.4 Å². The number of ether oxygens (including phenoxy) is 1. The molecule has 0 bridgehead atoms. The molecule has 0 saturated carbocycles. The SMILES string of the molecule is CCNC(=NCC(=O)N(C)C)NCC(C)(C)c1cccc(OC)c1.I. The average Bonchev–Trinajstić information content (AvgIpc) is 2.57. The van der Waals surface area contributed by atoms with Gasteiger partial charge in [-0.05, 0) is 24.6 Å². The Labute approximate surface area is 168 Å². The van der Waals surface area contributed by atoms with E-state index in [2.05, 4.69) is 35.5 Å². The van der Waals surface area contributed by atoms with Crippen molar-refractivity contribution in [3.05, 3.63) is 29.8 Å². The molecule has 7 heteroatoms. The highest BCUT2D eigenvalue weighted by Gasteiger charge is 2.21. The van der Waals surface area contributed by atoms with Gasteiger partial charge in [0.2, 0.25) is 5.91 Å². The molecule has 0 atom stereocenters. The molecule has 0 fully saturated rings. The van der Waals surface area contributed by atoms with E-state index in [1.807, 2.05) is 25.1 Å². The molecule has 1 aromatic rings. The molecular weight excluding hydrogens is 431 g/mol. The molecule has 0 saturated heterocycles. The summed E-state index contributed by atoms with van der Waals surface area (Å²) in [5.41, 5.74) is 1.06. The molecule has 0 heterocycles. The summed E-state index contributed by atoms with van der Waals surface area (Å²) in [6.07, 6.45) is 0. The fraction of sp³-hybridized carbons (Fsp3) is 0.556. The molecule has 0 aromatic heterocycles. The van der Waals surface area contributed by atoms with E-state index >= 15 is 0 Å². The number of aliphatic imine (C=N–C) groups is 1. The van der Waals surface area contributed by atoms with Crippen molar-refractivity contribution >= 4 is 35.8 Å². The summed E-state index contributed by atoms with van der Waals surface area (Å²) in [5.74, 6) is 1.46. The third-order valence-corrected chi connectivity index (χ3v) is 3.76. The quantitative estimate of drug-likeness (QED) is 0.371. The second kappa shape index (κ2) is 11.2. The molecule has 0 aliphatic heterocycles. The highest BCUT2D eigenvalue weighted by Crippen LogP contribution is 2.25. The molecule has 0 radical (unpaired) electrons. The first-order valence-electron chi connectivity index (χ1n) is 8.17. The van der Waals surface area contributed by atoms with Gasteiger partial charge in [-0.15, -0.1) is 24.0 Å². The fourth-order valence-electron chi connectivity index (χ4n) is 2.08. The first kappa shape index (κ1) is 23.5. The van der Waals surface area contributed by atoms with Gasteiger partial charge in [-0.3, -0.25) is 4.79 Å². The van der Waals surface area contributed by atoms with E-state index < -0.39 is 0 Å². The van der Waals surface area contributed by atoms with Gasteiger partial charge >= 0.3 is 0 Å². The molecule has 1 rings (SSSR count). The van der Waals surface area contributed by atoms with Crippen LogP contribution in [-0.2, 0) is 10.2 Å². The second-order valence-corrected chi connectivity index (χ2v) is 6.45. The van der Waals surface area contributed by atoms with Gasteiger partial charge in [-0.25, -0.2) is 4.99 Å². The lowest BCUT2D eigenvalue weighted by Gasteiger charge is -2.27. The maximum absolute atomic E-state index is 11.7. The number of nitrogens with one attached hydrogen (secondary N) is 2. The Bertz CT molecular complexity index is 574. The van der Waals surface area contributed by atoms with Crippen molar-refractivity contribution in [3.63, 3.8) is 0 Å². The average molecular weight is 462 g/mol. The van der Waals surface area contributed by atoms with E-state index in [4.69, 9.17) is 4.74 Å². The Morgan fingerprint density at radius 1 is 1.28 bits per heavy atom. The van der Waals surface area contributed by atoms with Crippen LogP contribution in [0.5, 0.6) is 5.75 Å². The predicted octanol–water partition coefficient (Wildman–Crippen LogP) is 2.23. The highest BCUT2D eigenvalue weighted by molar-refractivity contribution is 14.0.